The molecule has 32 heavy (non-hydrogen) atoms. The maximum atomic E-state index is 12.7. The van der Waals surface area contributed by atoms with Gasteiger partial charge < -0.3 is 24.3 Å². The van der Waals surface area contributed by atoms with E-state index in [2.05, 4.69) is 15.8 Å². The summed E-state index contributed by atoms with van der Waals surface area (Å²) < 4.78 is 21.0. The molecule has 2 rings (SSSR count). The van der Waals surface area contributed by atoms with Crippen molar-refractivity contribution < 1.29 is 28.5 Å². The summed E-state index contributed by atoms with van der Waals surface area (Å²) >= 11 is 0. The topological polar surface area (TPSA) is 107 Å². The lowest BCUT2D eigenvalue weighted by molar-refractivity contribution is -0.134. The zero-order valence-corrected chi connectivity index (χ0v) is 19.1. The highest BCUT2D eigenvalue weighted by molar-refractivity contribution is 6.06. The molecule has 0 spiro atoms. The SMILES string of the molecule is COc1ccc(NC(=O)C(C(=O)NN=Cc2cc(OC)c(OC)c(OC)c2)C(C)C)cc1. The monoisotopic (exact) mass is 443 g/mol. The maximum Gasteiger partial charge on any atom is 0.252 e. The van der Waals surface area contributed by atoms with Gasteiger partial charge in [-0.05, 0) is 42.3 Å². The second kappa shape index (κ2) is 11.6. The van der Waals surface area contributed by atoms with Crippen LogP contribution in [0.25, 0.3) is 0 Å². The number of hydrogen-bond donors (Lipinski definition) is 2. The maximum absolute atomic E-state index is 12.7. The molecule has 9 heteroatoms. The zero-order valence-electron chi connectivity index (χ0n) is 19.1. The van der Waals surface area contributed by atoms with Gasteiger partial charge in [0.05, 0.1) is 34.7 Å². The van der Waals surface area contributed by atoms with Crippen LogP contribution in [0.4, 0.5) is 5.69 Å². The molecule has 0 radical (unpaired) electrons. The van der Waals surface area contributed by atoms with Crippen molar-refractivity contribution >= 4 is 23.7 Å². The summed E-state index contributed by atoms with van der Waals surface area (Å²) in [6.07, 6.45) is 1.43. The Kier molecular flexibility index (Phi) is 8.88. The smallest absolute Gasteiger partial charge is 0.252 e. The van der Waals surface area contributed by atoms with Crippen LogP contribution in [-0.4, -0.2) is 46.5 Å². The van der Waals surface area contributed by atoms with Crippen LogP contribution in [0, 0.1) is 11.8 Å². The molecular weight excluding hydrogens is 414 g/mol. The Morgan fingerprint density at radius 2 is 1.47 bits per heavy atom. The molecule has 2 N–H and O–H groups in total. The summed E-state index contributed by atoms with van der Waals surface area (Å²) in [4.78, 5) is 25.4. The van der Waals surface area contributed by atoms with Gasteiger partial charge >= 0.3 is 0 Å². The quantitative estimate of drug-likeness (QED) is 0.332. The fourth-order valence-electron chi connectivity index (χ4n) is 3.03. The fraction of sp³-hybridized carbons (Fsp3) is 0.348. The van der Waals surface area contributed by atoms with Crippen molar-refractivity contribution in [3.63, 3.8) is 0 Å². The van der Waals surface area contributed by atoms with Gasteiger partial charge in [-0.15, -0.1) is 0 Å². The Morgan fingerprint density at radius 3 is 1.94 bits per heavy atom. The molecular formula is C23H29N3O6. The van der Waals surface area contributed by atoms with Crippen LogP contribution in [0.2, 0.25) is 0 Å². The number of rotatable bonds is 10. The van der Waals surface area contributed by atoms with Gasteiger partial charge in [-0.1, -0.05) is 13.8 Å². The molecule has 0 bridgehead atoms. The number of hydrogen-bond acceptors (Lipinski definition) is 7. The van der Waals surface area contributed by atoms with Gasteiger partial charge in [-0.3, -0.25) is 9.59 Å². The van der Waals surface area contributed by atoms with Gasteiger partial charge in [-0.25, -0.2) is 5.43 Å². The summed E-state index contributed by atoms with van der Waals surface area (Å²) in [5.74, 6) is -0.0928. The van der Waals surface area contributed by atoms with E-state index in [1.165, 1.54) is 27.5 Å². The van der Waals surface area contributed by atoms with Gasteiger partial charge in [0.2, 0.25) is 11.7 Å². The van der Waals surface area contributed by atoms with Crippen molar-refractivity contribution in [2.45, 2.75) is 13.8 Å². The molecule has 9 nitrogen and oxygen atoms in total. The largest absolute Gasteiger partial charge is 0.497 e. The average molecular weight is 444 g/mol. The highest BCUT2D eigenvalue weighted by atomic mass is 16.5. The molecule has 0 aliphatic heterocycles. The first-order chi connectivity index (χ1) is 15.3. The highest BCUT2D eigenvalue weighted by Gasteiger charge is 2.30. The van der Waals surface area contributed by atoms with Crippen LogP contribution in [0.5, 0.6) is 23.0 Å². The minimum atomic E-state index is -0.936. The lowest BCUT2D eigenvalue weighted by Crippen LogP contribution is -2.39. The second-order valence-electron chi connectivity index (χ2n) is 7.13. The molecule has 2 aromatic carbocycles. The molecule has 2 aromatic rings. The van der Waals surface area contributed by atoms with Crippen LogP contribution in [-0.2, 0) is 9.59 Å². The van der Waals surface area contributed by atoms with Gasteiger partial charge in [0.15, 0.2) is 11.5 Å². The molecule has 0 fully saturated rings. The van der Waals surface area contributed by atoms with Gasteiger partial charge in [0, 0.05) is 11.3 Å². The van der Waals surface area contributed by atoms with Crippen molar-refractivity contribution in [3.05, 3.63) is 42.0 Å². The summed E-state index contributed by atoms with van der Waals surface area (Å²) in [7, 11) is 6.09. The third-order valence-corrected chi connectivity index (χ3v) is 4.66. The van der Waals surface area contributed by atoms with Crippen LogP contribution in [0.15, 0.2) is 41.5 Å². The number of ether oxygens (including phenoxy) is 4. The van der Waals surface area contributed by atoms with E-state index in [0.717, 1.165) is 0 Å². The third kappa shape index (κ3) is 6.13. The van der Waals surface area contributed by atoms with Crippen LogP contribution < -0.4 is 29.7 Å². The number of nitrogens with one attached hydrogen (secondary N) is 2. The van der Waals surface area contributed by atoms with E-state index in [-0.39, 0.29) is 5.92 Å². The van der Waals surface area contributed by atoms with E-state index >= 15 is 0 Å². The van der Waals surface area contributed by atoms with Crippen molar-refractivity contribution in [3.8, 4) is 23.0 Å². The second-order valence-corrected chi connectivity index (χ2v) is 7.13. The first kappa shape index (κ1) is 24.5. The van der Waals surface area contributed by atoms with E-state index in [1.807, 2.05) is 0 Å². The molecule has 172 valence electrons. The van der Waals surface area contributed by atoms with Crippen LogP contribution in [0.1, 0.15) is 19.4 Å². The van der Waals surface area contributed by atoms with Crippen molar-refractivity contribution in [1.29, 1.82) is 0 Å². The third-order valence-electron chi connectivity index (χ3n) is 4.66. The average Bonchev–Trinajstić information content (AvgIpc) is 2.78. The molecule has 0 aromatic heterocycles. The molecule has 0 aliphatic carbocycles. The lowest BCUT2D eigenvalue weighted by Gasteiger charge is -2.18. The number of methoxy groups -OCH3 is 4. The van der Waals surface area contributed by atoms with Crippen molar-refractivity contribution in [1.82, 2.24) is 5.43 Å². The summed E-state index contributed by atoms with van der Waals surface area (Å²) in [6.45, 7) is 3.58. The number of benzene rings is 2. The number of anilines is 1. The van der Waals surface area contributed by atoms with Crippen LogP contribution >= 0.6 is 0 Å². The number of carbonyl (C=O) groups is 2. The Bertz CT molecular complexity index is 932. The summed E-state index contributed by atoms with van der Waals surface area (Å²) in [6, 6.07) is 10.2. The van der Waals surface area contributed by atoms with E-state index in [0.29, 0.717) is 34.2 Å². The standard InChI is InChI=1S/C23H29N3O6/c1-14(2)20(22(27)25-16-7-9-17(29-3)10-8-16)23(28)26-24-13-15-11-18(30-4)21(32-6)19(12-15)31-5/h7-14,20H,1-6H3,(H,25,27)(H,26,28). The first-order valence-electron chi connectivity index (χ1n) is 9.92. The predicted molar refractivity (Wildman–Crippen MR) is 122 cm³/mol. The molecule has 0 saturated heterocycles. The summed E-state index contributed by atoms with van der Waals surface area (Å²) in [5, 5.41) is 6.74. The van der Waals surface area contributed by atoms with Crippen molar-refractivity contribution in [2.24, 2.45) is 16.9 Å². The van der Waals surface area contributed by atoms with Crippen molar-refractivity contribution in [2.75, 3.05) is 33.8 Å². The Balaban J connectivity index is 2.11. The minimum Gasteiger partial charge on any atom is -0.497 e. The number of nitrogens with zero attached hydrogens (tertiary/aromatic N) is 1. The Morgan fingerprint density at radius 1 is 0.875 bits per heavy atom. The van der Waals surface area contributed by atoms with Gasteiger partial charge in [0.1, 0.15) is 11.7 Å². The molecule has 2 amide bonds. The zero-order chi connectivity index (χ0) is 23.7. The van der Waals surface area contributed by atoms with E-state index in [4.69, 9.17) is 18.9 Å². The first-order valence-corrected chi connectivity index (χ1v) is 9.92. The molecule has 0 aliphatic rings. The molecule has 1 atom stereocenters. The number of hydrazone groups is 1. The minimum absolute atomic E-state index is 0.246. The van der Waals surface area contributed by atoms with Gasteiger partial charge in [-0.2, -0.15) is 5.10 Å². The number of carbonyl (C=O) groups excluding carboxylic acids is 2. The fourth-order valence-corrected chi connectivity index (χ4v) is 3.03. The van der Waals surface area contributed by atoms with E-state index < -0.39 is 17.7 Å². The predicted octanol–water partition coefficient (Wildman–Crippen LogP) is 3.08. The van der Waals surface area contributed by atoms with Gasteiger partial charge in [0.25, 0.3) is 5.91 Å². The number of amides is 2. The molecule has 0 saturated carbocycles. The Hall–Kier alpha value is -3.75. The van der Waals surface area contributed by atoms with E-state index in [9.17, 15) is 9.59 Å². The highest BCUT2D eigenvalue weighted by Crippen LogP contribution is 2.37. The molecule has 0 heterocycles. The summed E-state index contributed by atoms with van der Waals surface area (Å²) in [5.41, 5.74) is 3.62. The molecule has 1 unspecified atom stereocenters. The normalized spacial score (nSPS) is 11.7. The Labute approximate surface area is 187 Å². The van der Waals surface area contributed by atoms with Crippen LogP contribution in [0.3, 0.4) is 0 Å². The van der Waals surface area contributed by atoms with E-state index in [1.54, 1.807) is 57.4 Å². The lowest BCUT2D eigenvalue weighted by atomic mass is 9.94.